The van der Waals surface area contributed by atoms with Crippen LogP contribution in [-0.2, 0) is 0 Å². The third-order valence-electron chi connectivity index (χ3n) is 10.4. The molecule has 50 heavy (non-hydrogen) atoms. The predicted molar refractivity (Wildman–Crippen MR) is 216 cm³/mol. The fraction of sp³-hybridized carbons (Fsp3) is 0. The van der Waals surface area contributed by atoms with E-state index in [-0.39, 0.29) is 0 Å². The number of thiophene rings is 2. The van der Waals surface area contributed by atoms with E-state index >= 15 is 0 Å². The zero-order valence-electron chi connectivity index (χ0n) is 26.4. The van der Waals surface area contributed by atoms with Gasteiger partial charge in [-0.05, 0) is 42.5 Å². The number of furan rings is 1. The van der Waals surface area contributed by atoms with E-state index in [0.29, 0.717) is 0 Å². The second kappa shape index (κ2) is 9.74. The van der Waals surface area contributed by atoms with Crippen LogP contribution in [0.15, 0.2) is 138 Å². The molecule has 12 rings (SSSR count). The van der Waals surface area contributed by atoms with E-state index in [1.54, 1.807) is 0 Å². The number of benzene rings is 8. The lowest BCUT2D eigenvalue weighted by Gasteiger charge is -2.07. The van der Waals surface area contributed by atoms with E-state index in [1.165, 1.54) is 61.9 Å². The molecule has 0 saturated heterocycles. The molecule has 0 aliphatic carbocycles. The first-order valence-electron chi connectivity index (χ1n) is 16.8. The van der Waals surface area contributed by atoms with Gasteiger partial charge in [0, 0.05) is 100 Å². The first-order chi connectivity index (χ1) is 24.8. The van der Waals surface area contributed by atoms with E-state index in [1.807, 2.05) is 28.7 Å². The lowest BCUT2D eigenvalue weighted by Crippen LogP contribution is -1.86. The standard InChI is InChI=1S/C46H23NOS2/c1-5-13-37-27(9-1)35-23-25(41-33(43(35)47-37)21-19-31-29-11-3-7-15-39(29)49-45(31)41)17-18-26-24-36-28-10-2-6-14-38(28)48-44(36)34-22-20-32-30-12-4-8-16-40(30)50-46(32)42(26)34/h1-16,19-24,47H. The summed E-state index contributed by atoms with van der Waals surface area (Å²) in [7, 11) is 0. The molecule has 0 amide bonds. The maximum Gasteiger partial charge on any atom is 0.143 e. The monoisotopic (exact) mass is 669 g/mol. The average Bonchev–Trinajstić information content (AvgIpc) is 3.93. The van der Waals surface area contributed by atoms with Gasteiger partial charge in [0.15, 0.2) is 0 Å². The number of nitrogens with one attached hydrogen (secondary N) is 1. The van der Waals surface area contributed by atoms with E-state index in [4.69, 9.17) is 4.42 Å². The molecule has 0 unspecified atom stereocenters. The highest BCUT2D eigenvalue weighted by Crippen LogP contribution is 2.45. The van der Waals surface area contributed by atoms with Crippen LogP contribution in [0.2, 0.25) is 0 Å². The highest BCUT2D eigenvalue weighted by Gasteiger charge is 2.19. The molecule has 0 saturated carbocycles. The molecular formula is C46H23NOS2. The maximum absolute atomic E-state index is 6.58. The van der Waals surface area contributed by atoms with Gasteiger partial charge in [0.1, 0.15) is 11.2 Å². The fourth-order valence-electron chi connectivity index (χ4n) is 8.21. The molecule has 0 bridgehead atoms. The van der Waals surface area contributed by atoms with Crippen LogP contribution in [-0.4, -0.2) is 4.98 Å². The third kappa shape index (κ3) is 3.53. The number of H-pyrrole nitrogens is 1. The van der Waals surface area contributed by atoms with Gasteiger partial charge in [-0.2, -0.15) is 0 Å². The molecular weight excluding hydrogens is 647 g/mol. The summed E-state index contributed by atoms with van der Waals surface area (Å²) >= 11 is 3.70. The summed E-state index contributed by atoms with van der Waals surface area (Å²) in [5.74, 6) is 7.59. The molecule has 230 valence electrons. The molecule has 4 heterocycles. The molecule has 2 nitrogen and oxygen atoms in total. The van der Waals surface area contributed by atoms with E-state index in [2.05, 4.69) is 144 Å². The molecule has 0 atom stereocenters. The first-order valence-corrected chi connectivity index (χ1v) is 18.4. The van der Waals surface area contributed by atoms with E-state index in [0.717, 1.165) is 54.9 Å². The number of hydrogen-bond acceptors (Lipinski definition) is 3. The second-order valence-electron chi connectivity index (χ2n) is 13.1. The van der Waals surface area contributed by atoms with E-state index in [9.17, 15) is 0 Å². The number of aromatic amines is 1. The molecule has 1 N–H and O–H groups in total. The topological polar surface area (TPSA) is 28.9 Å². The van der Waals surface area contributed by atoms with Gasteiger partial charge in [-0.15, -0.1) is 22.7 Å². The summed E-state index contributed by atoms with van der Waals surface area (Å²) in [6, 6.07) is 48.0. The second-order valence-corrected chi connectivity index (χ2v) is 15.2. The molecule has 0 aliphatic heterocycles. The fourth-order valence-corrected chi connectivity index (χ4v) is 10.7. The summed E-state index contributed by atoms with van der Waals surface area (Å²) in [4.78, 5) is 3.76. The molecule has 0 aliphatic rings. The molecule has 8 aromatic carbocycles. The summed E-state index contributed by atoms with van der Waals surface area (Å²) in [5.41, 5.74) is 6.18. The van der Waals surface area contributed by atoms with Crippen molar-refractivity contribution in [3.05, 3.63) is 145 Å². The average molecular weight is 670 g/mol. The smallest absolute Gasteiger partial charge is 0.143 e. The maximum atomic E-state index is 6.58. The lowest BCUT2D eigenvalue weighted by atomic mass is 9.96. The first kappa shape index (κ1) is 26.8. The van der Waals surface area contributed by atoms with Crippen molar-refractivity contribution >= 4 is 128 Å². The Labute approximate surface area is 292 Å². The van der Waals surface area contributed by atoms with Crippen molar-refractivity contribution < 1.29 is 4.42 Å². The summed E-state index contributed by atoms with van der Waals surface area (Å²) < 4.78 is 11.7. The minimum Gasteiger partial charge on any atom is -0.455 e. The normalized spacial score (nSPS) is 12.2. The number of fused-ring (bicyclic) bond motifs is 18. The largest absolute Gasteiger partial charge is 0.455 e. The third-order valence-corrected chi connectivity index (χ3v) is 12.8. The Bertz CT molecular complexity index is 3260. The Kier molecular flexibility index (Phi) is 5.22. The van der Waals surface area contributed by atoms with Crippen molar-refractivity contribution in [1.29, 1.82) is 0 Å². The quantitative estimate of drug-likeness (QED) is 0.160. The van der Waals surface area contributed by atoms with Gasteiger partial charge in [0.2, 0.25) is 0 Å². The molecule has 0 fully saturated rings. The van der Waals surface area contributed by atoms with Crippen molar-refractivity contribution in [1.82, 2.24) is 4.98 Å². The number of rotatable bonds is 0. The van der Waals surface area contributed by atoms with Crippen LogP contribution < -0.4 is 0 Å². The van der Waals surface area contributed by atoms with Crippen molar-refractivity contribution in [3.63, 3.8) is 0 Å². The Morgan fingerprint density at radius 2 is 0.980 bits per heavy atom. The van der Waals surface area contributed by atoms with Crippen LogP contribution in [0.1, 0.15) is 11.1 Å². The Hall–Kier alpha value is -6.12. The van der Waals surface area contributed by atoms with Gasteiger partial charge in [-0.25, -0.2) is 0 Å². The predicted octanol–water partition coefficient (Wildman–Crippen LogP) is 13.7. The molecule has 4 heteroatoms. The van der Waals surface area contributed by atoms with Crippen molar-refractivity contribution in [3.8, 4) is 11.8 Å². The number of hydrogen-bond donors (Lipinski definition) is 1. The van der Waals surface area contributed by atoms with Gasteiger partial charge in [0.25, 0.3) is 0 Å². The number of para-hydroxylation sites is 2. The van der Waals surface area contributed by atoms with Crippen LogP contribution >= 0.6 is 22.7 Å². The highest BCUT2D eigenvalue weighted by atomic mass is 32.1. The van der Waals surface area contributed by atoms with Crippen molar-refractivity contribution in [2.24, 2.45) is 0 Å². The van der Waals surface area contributed by atoms with Gasteiger partial charge in [0.05, 0.1) is 5.52 Å². The Morgan fingerprint density at radius 1 is 0.440 bits per heavy atom. The zero-order chi connectivity index (χ0) is 32.5. The van der Waals surface area contributed by atoms with Crippen LogP contribution in [0.5, 0.6) is 0 Å². The van der Waals surface area contributed by atoms with Crippen LogP contribution in [0.3, 0.4) is 0 Å². The minimum absolute atomic E-state index is 0.897. The minimum atomic E-state index is 0.897. The summed E-state index contributed by atoms with van der Waals surface area (Å²) in [6.07, 6.45) is 0. The molecule has 4 aromatic heterocycles. The summed E-state index contributed by atoms with van der Waals surface area (Å²) in [6.45, 7) is 0. The van der Waals surface area contributed by atoms with Gasteiger partial charge in [-0.3, -0.25) is 0 Å². The van der Waals surface area contributed by atoms with Crippen LogP contribution in [0.4, 0.5) is 0 Å². The Balaban J connectivity index is 1.24. The van der Waals surface area contributed by atoms with Gasteiger partial charge >= 0.3 is 0 Å². The zero-order valence-corrected chi connectivity index (χ0v) is 28.1. The molecule has 0 spiro atoms. The highest BCUT2D eigenvalue weighted by molar-refractivity contribution is 7.27. The molecule has 0 radical (unpaired) electrons. The van der Waals surface area contributed by atoms with Crippen molar-refractivity contribution in [2.45, 2.75) is 0 Å². The lowest BCUT2D eigenvalue weighted by molar-refractivity contribution is 0.672. The SMILES string of the molecule is C(#Cc1cc2c3ccccc3oc2c2ccc3c4ccccc4sc3c12)c1cc2c3ccccc3[nH]c2c2ccc3c4ccccc4sc3c12. The number of aromatic nitrogens is 1. The van der Waals surface area contributed by atoms with Crippen LogP contribution in [0.25, 0.3) is 106 Å². The van der Waals surface area contributed by atoms with Gasteiger partial charge < -0.3 is 9.40 Å². The molecule has 12 aromatic rings. The Morgan fingerprint density at radius 3 is 1.70 bits per heavy atom. The van der Waals surface area contributed by atoms with Gasteiger partial charge in [-0.1, -0.05) is 103 Å². The van der Waals surface area contributed by atoms with E-state index < -0.39 is 0 Å². The summed E-state index contributed by atoms with van der Waals surface area (Å²) in [5, 5.41) is 14.4. The van der Waals surface area contributed by atoms with Crippen LogP contribution in [0, 0.1) is 11.8 Å². The van der Waals surface area contributed by atoms with Crippen molar-refractivity contribution in [2.75, 3.05) is 0 Å².